The Kier molecular flexibility index (Phi) is 12.2. The number of tetrazole rings is 1. The molecule has 2 aliphatic heterocycles. The lowest BCUT2D eigenvalue weighted by Crippen LogP contribution is -2.54. The number of nitrogens with zero attached hydrogens (tertiary/aromatic N) is 6. The predicted octanol–water partition coefficient (Wildman–Crippen LogP) is 3.40. The van der Waals surface area contributed by atoms with Crippen molar-refractivity contribution in [3.05, 3.63) is 89.2 Å². The lowest BCUT2D eigenvalue weighted by molar-refractivity contribution is -0.137. The van der Waals surface area contributed by atoms with E-state index in [0.29, 0.717) is 54.8 Å². The summed E-state index contributed by atoms with van der Waals surface area (Å²) in [4.78, 5) is 70.0. The van der Waals surface area contributed by atoms with Crippen LogP contribution in [0, 0.1) is 0 Å². The van der Waals surface area contributed by atoms with Crippen molar-refractivity contribution in [1.82, 2.24) is 30.4 Å². The summed E-state index contributed by atoms with van der Waals surface area (Å²) < 4.78 is 12.2. The number of hydrogen-bond acceptors (Lipinski definition) is 11. The van der Waals surface area contributed by atoms with Crippen LogP contribution in [-0.2, 0) is 35.1 Å². The normalized spacial score (nSPS) is 15.9. The molecule has 3 heterocycles. The Hall–Kier alpha value is -5.71. The van der Waals surface area contributed by atoms with Gasteiger partial charge in [-0.05, 0) is 104 Å². The molecule has 0 aliphatic carbocycles. The second kappa shape index (κ2) is 17.2. The number of hydrogen-bond donors (Lipinski definition) is 3. The van der Waals surface area contributed by atoms with Crippen LogP contribution in [0.4, 0.5) is 17.1 Å². The van der Waals surface area contributed by atoms with Crippen molar-refractivity contribution >= 4 is 58.3 Å². The van der Waals surface area contributed by atoms with E-state index in [0.717, 1.165) is 25.1 Å². The number of anilines is 3. The lowest BCUT2D eigenvalue weighted by Gasteiger charge is -2.40. The van der Waals surface area contributed by atoms with Gasteiger partial charge in [0, 0.05) is 55.2 Å². The molecule has 0 saturated carbocycles. The van der Waals surface area contributed by atoms with Crippen LogP contribution in [0.3, 0.4) is 0 Å². The van der Waals surface area contributed by atoms with E-state index < -0.39 is 35.3 Å². The van der Waals surface area contributed by atoms with Crippen molar-refractivity contribution in [2.75, 3.05) is 48.4 Å². The Morgan fingerprint density at radius 2 is 1.67 bits per heavy atom. The van der Waals surface area contributed by atoms with Gasteiger partial charge in [-0.3, -0.25) is 24.1 Å². The van der Waals surface area contributed by atoms with E-state index in [2.05, 4.69) is 36.4 Å². The SMILES string of the molecule is CC(C)(C)OC(=O)c1ccc(NC(=O)[C@H](Cc2ccc(N3CCN(C4CCOCC4)CC3=O)cc2)NC(=O)C(=O)Nc2cc(Cl)ccc2-n2cnnn2)cc1. The standard InChI is InChI=1S/C38H42ClN9O7/c1-38(2,3)55-37(53)25-6-9-27(10-7-25)41-34(50)31(43-36(52)35(51)42-30-21-26(39)8-13-32(30)48-23-40-44-45-48)20-24-4-11-29(12-5-24)47-17-16-46(22-33(47)49)28-14-18-54-19-15-28/h4-13,21,23,28,31H,14-20,22H2,1-3H3,(H,41,50)(H,42,51)(H,43,52)/t31-/m0/s1. The zero-order valence-electron chi connectivity index (χ0n) is 30.7. The fraction of sp³-hybridized carbons (Fsp3) is 0.368. The Labute approximate surface area is 322 Å². The number of nitrogens with one attached hydrogen (secondary N) is 3. The monoisotopic (exact) mass is 771 g/mol. The average molecular weight is 772 g/mol. The van der Waals surface area contributed by atoms with Crippen molar-refractivity contribution in [3.63, 3.8) is 0 Å². The van der Waals surface area contributed by atoms with Gasteiger partial charge in [0.15, 0.2) is 0 Å². The molecular weight excluding hydrogens is 730 g/mol. The number of carbonyl (C=O) groups is 5. The molecule has 4 aromatic rings. The minimum atomic E-state index is -1.22. The molecule has 2 saturated heterocycles. The smallest absolute Gasteiger partial charge is 0.338 e. The van der Waals surface area contributed by atoms with Crippen LogP contribution >= 0.6 is 11.6 Å². The van der Waals surface area contributed by atoms with Gasteiger partial charge < -0.3 is 30.3 Å². The van der Waals surface area contributed by atoms with E-state index >= 15 is 0 Å². The topological polar surface area (TPSA) is 190 Å². The van der Waals surface area contributed by atoms with Gasteiger partial charge >= 0.3 is 17.8 Å². The maximum Gasteiger partial charge on any atom is 0.338 e. The Morgan fingerprint density at radius 3 is 2.33 bits per heavy atom. The van der Waals surface area contributed by atoms with Crippen LogP contribution in [0.25, 0.3) is 5.69 Å². The van der Waals surface area contributed by atoms with E-state index in [-0.39, 0.29) is 23.0 Å². The summed E-state index contributed by atoms with van der Waals surface area (Å²) in [5.41, 5.74) is 1.84. The molecule has 6 rings (SSSR count). The second-order valence-electron chi connectivity index (χ2n) is 14.2. The van der Waals surface area contributed by atoms with Gasteiger partial charge in [0.1, 0.15) is 18.0 Å². The summed E-state index contributed by atoms with van der Waals surface area (Å²) in [7, 11) is 0. The van der Waals surface area contributed by atoms with E-state index in [1.54, 1.807) is 62.1 Å². The molecule has 1 atom stereocenters. The van der Waals surface area contributed by atoms with E-state index in [9.17, 15) is 24.0 Å². The van der Waals surface area contributed by atoms with Crippen LogP contribution in [0.2, 0.25) is 5.02 Å². The van der Waals surface area contributed by atoms with Crippen molar-refractivity contribution in [2.24, 2.45) is 0 Å². The molecule has 2 aliphatic rings. The van der Waals surface area contributed by atoms with Crippen LogP contribution in [0.1, 0.15) is 49.5 Å². The average Bonchev–Trinajstić information content (AvgIpc) is 3.70. The number of esters is 1. The van der Waals surface area contributed by atoms with E-state index in [1.807, 2.05) is 0 Å². The summed E-state index contributed by atoms with van der Waals surface area (Å²) in [5, 5.41) is 19.2. The highest BCUT2D eigenvalue weighted by atomic mass is 35.5. The minimum absolute atomic E-state index is 0.000355. The number of aromatic nitrogens is 4. The molecule has 1 aromatic heterocycles. The minimum Gasteiger partial charge on any atom is -0.456 e. The van der Waals surface area contributed by atoms with Gasteiger partial charge in [-0.15, -0.1) is 5.10 Å². The summed E-state index contributed by atoms with van der Waals surface area (Å²) in [5.74, 6) is -3.29. The van der Waals surface area contributed by atoms with E-state index in [1.165, 1.54) is 41.3 Å². The lowest BCUT2D eigenvalue weighted by atomic mass is 10.0. The third kappa shape index (κ3) is 10.3. The molecular formula is C38H42ClN9O7. The maximum absolute atomic E-state index is 13.8. The number of amides is 4. The van der Waals surface area contributed by atoms with Gasteiger partial charge in [0.25, 0.3) is 0 Å². The first-order valence-electron chi connectivity index (χ1n) is 17.8. The first-order valence-corrected chi connectivity index (χ1v) is 18.2. The molecule has 3 aromatic carbocycles. The molecule has 2 fully saturated rings. The van der Waals surface area contributed by atoms with Gasteiger partial charge in [-0.25, -0.2) is 4.79 Å². The van der Waals surface area contributed by atoms with Gasteiger partial charge in [0.2, 0.25) is 11.8 Å². The largest absolute Gasteiger partial charge is 0.456 e. The van der Waals surface area contributed by atoms with Crippen molar-refractivity contribution in [3.8, 4) is 5.69 Å². The first kappa shape index (κ1) is 39.0. The second-order valence-corrected chi connectivity index (χ2v) is 14.6. The number of rotatable bonds is 10. The summed E-state index contributed by atoms with van der Waals surface area (Å²) >= 11 is 6.18. The van der Waals surface area contributed by atoms with Gasteiger partial charge in [-0.1, -0.05) is 23.7 Å². The number of benzene rings is 3. The Bertz CT molecular complexity index is 2010. The number of halogens is 1. The maximum atomic E-state index is 13.8. The van der Waals surface area contributed by atoms with Crippen molar-refractivity contribution in [1.29, 1.82) is 0 Å². The quantitative estimate of drug-likeness (QED) is 0.158. The molecule has 0 spiro atoms. The third-order valence-corrected chi connectivity index (χ3v) is 9.30. The Balaban J connectivity index is 1.16. The highest BCUT2D eigenvalue weighted by Crippen LogP contribution is 2.25. The molecule has 0 bridgehead atoms. The fourth-order valence-electron chi connectivity index (χ4n) is 6.32. The highest BCUT2D eigenvalue weighted by molar-refractivity contribution is 6.40. The summed E-state index contributed by atoms with van der Waals surface area (Å²) in [6.45, 7) is 8.32. The zero-order valence-corrected chi connectivity index (χ0v) is 31.4. The number of carbonyl (C=O) groups excluding carboxylic acids is 5. The van der Waals surface area contributed by atoms with Crippen molar-refractivity contribution in [2.45, 2.75) is 57.7 Å². The number of piperazine rings is 1. The molecule has 16 nitrogen and oxygen atoms in total. The zero-order chi connectivity index (χ0) is 39.1. The summed E-state index contributed by atoms with van der Waals surface area (Å²) in [6, 6.07) is 17.0. The van der Waals surface area contributed by atoms with Gasteiger partial charge in [-0.2, -0.15) is 4.68 Å². The molecule has 3 N–H and O–H groups in total. The molecule has 0 unspecified atom stereocenters. The van der Waals surface area contributed by atoms with E-state index in [4.69, 9.17) is 21.1 Å². The summed E-state index contributed by atoms with van der Waals surface area (Å²) in [6.07, 6.45) is 3.14. The fourth-order valence-corrected chi connectivity index (χ4v) is 6.49. The van der Waals surface area contributed by atoms with Crippen LogP contribution < -0.4 is 20.9 Å². The highest BCUT2D eigenvalue weighted by Gasteiger charge is 2.31. The van der Waals surface area contributed by atoms with Crippen molar-refractivity contribution < 1.29 is 33.4 Å². The molecule has 4 amide bonds. The van der Waals surface area contributed by atoms with Crippen LogP contribution in [0.5, 0.6) is 0 Å². The molecule has 55 heavy (non-hydrogen) atoms. The third-order valence-electron chi connectivity index (χ3n) is 9.06. The molecule has 17 heteroatoms. The number of ether oxygens (including phenoxy) is 2. The Morgan fingerprint density at radius 1 is 0.945 bits per heavy atom. The first-order chi connectivity index (χ1) is 26.3. The van der Waals surface area contributed by atoms with Gasteiger partial charge in [0.05, 0.1) is 23.5 Å². The molecule has 0 radical (unpaired) electrons. The molecule has 288 valence electrons. The van der Waals surface area contributed by atoms with Crippen LogP contribution in [-0.4, -0.2) is 105 Å². The predicted molar refractivity (Wildman–Crippen MR) is 203 cm³/mol. The van der Waals surface area contributed by atoms with Crippen LogP contribution in [0.15, 0.2) is 73.1 Å².